The van der Waals surface area contributed by atoms with Crippen molar-refractivity contribution in [3.63, 3.8) is 0 Å². The third kappa shape index (κ3) is 3.53. The number of carboxylic acids is 1. The molecule has 20 heavy (non-hydrogen) atoms. The van der Waals surface area contributed by atoms with Crippen LogP contribution in [0.1, 0.15) is 61.4 Å². The zero-order chi connectivity index (χ0) is 14.4. The zero-order valence-electron chi connectivity index (χ0n) is 12.4. The van der Waals surface area contributed by atoms with E-state index in [-0.39, 0.29) is 0 Å². The SMILES string of the molecule is CCCCCCCN1CCCc2c(C(=O)O)cccc21. The maximum absolute atomic E-state index is 11.3. The fraction of sp³-hybridized carbons (Fsp3) is 0.588. The Hall–Kier alpha value is -1.51. The van der Waals surface area contributed by atoms with Crippen LogP contribution in [0, 0.1) is 0 Å². The van der Waals surface area contributed by atoms with Gasteiger partial charge in [0.1, 0.15) is 0 Å². The molecule has 1 aromatic carbocycles. The van der Waals surface area contributed by atoms with Gasteiger partial charge in [-0.15, -0.1) is 0 Å². The molecule has 3 heteroatoms. The van der Waals surface area contributed by atoms with Crippen molar-refractivity contribution in [2.45, 2.75) is 51.9 Å². The van der Waals surface area contributed by atoms with E-state index >= 15 is 0 Å². The maximum atomic E-state index is 11.3. The molecule has 1 heterocycles. The molecule has 1 aliphatic heterocycles. The highest BCUT2D eigenvalue weighted by atomic mass is 16.4. The summed E-state index contributed by atoms with van der Waals surface area (Å²) < 4.78 is 0. The first-order valence-electron chi connectivity index (χ1n) is 7.84. The lowest BCUT2D eigenvalue weighted by Gasteiger charge is -2.32. The lowest BCUT2D eigenvalue weighted by Crippen LogP contribution is -2.31. The monoisotopic (exact) mass is 275 g/mol. The molecule has 1 aromatic rings. The number of hydrogen-bond acceptors (Lipinski definition) is 2. The Morgan fingerprint density at radius 1 is 1.25 bits per heavy atom. The highest BCUT2D eigenvalue weighted by Crippen LogP contribution is 2.30. The second kappa shape index (κ2) is 7.32. The number of rotatable bonds is 7. The summed E-state index contributed by atoms with van der Waals surface area (Å²) in [4.78, 5) is 13.7. The summed E-state index contributed by atoms with van der Waals surface area (Å²) >= 11 is 0. The van der Waals surface area contributed by atoms with Crippen LogP contribution < -0.4 is 4.90 Å². The third-order valence-corrected chi connectivity index (χ3v) is 4.11. The highest BCUT2D eigenvalue weighted by molar-refractivity contribution is 5.91. The summed E-state index contributed by atoms with van der Waals surface area (Å²) in [6, 6.07) is 5.68. The molecule has 0 radical (unpaired) electrons. The van der Waals surface area contributed by atoms with Crippen molar-refractivity contribution in [3.8, 4) is 0 Å². The molecule has 2 rings (SSSR count). The minimum Gasteiger partial charge on any atom is -0.478 e. The Morgan fingerprint density at radius 3 is 2.80 bits per heavy atom. The van der Waals surface area contributed by atoms with Crippen molar-refractivity contribution >= 4 is 11.7 Å². The van der Waals surface area contributed by atoms with Crippen LogP contribution in [0.15, 0.2) is 18.2 Å². The molecule has 0 aliphatic carbocycles. The topological polar surface area (TPSA) is 40.5 Å². The lowest BCUT2D eigenvalue weighted by molar-refractivity contribution is 0.0695. The molecule has 1 N–H and O–H groups in total. The molecule has 0 unspecified atom stereocenters. The van der Waals surface area contributed by atoms with Gasteiger partial charge in [0.2, 0.25) is 0 Å². The quantitative estimate of drug-likeness (QED) is 0.761. The van der Waals surface area contributed by atoms with Crippen molar-refractivity contribution in [2.24, 2.45) is 0 Å². The first kappa shape index (κ1) is 14.9. The highest BCUT2D eigenvalue weighted by Gasteiger charge is 2.21. The van der Waals surface area contributed by atoms with Gasteiger partial charge in [0.15, 0.2) is 0 Å². The van der Waals surface area contributed by atoms with Gasteiger partial charge in [0.25, 0.3) is 0 Å². The molecule has 0 amide bonds. The lowest BCUT2D eigenvalue weighted by atomic mass is 9.96. The number of carboxylic acid groups (broad SMARTS) is 1. The van der Waals surface area contributed by atoms with Crippen LogP contribution in [0.25, 0.3) is 0 Å². The predicted octanol–water partition coefficient (Wildman–Crippen LogP) is 4.11. The van der Waals surface area contributed by atoms with Gasteiger partial charge >= 0.3 is 5.97 Å². The summed E-state index contributed by atoms with van der Waals surface area (Å²) in [6.45, 7) is 4.35. The minimum atomic E-state index is -0.799. The molecule has 0 fully saturated rings. The Morgan fingerprint density at radius 2 is 2.05 bits per heavy atom. The average Bonchev–Trinajstić information content (AvgIpc) is 2.46. The third-order valence-electron chi connectivity index (χ3n) is 4.11. The van der Waals surface area contributed by atoms with E-state index in [9.17, 15) is 9.90 Å². The van der Waals surface area contributed by atoms with Crippen LogP contribution in [0.4, 0.5) is 5.69 Å². The zero-order valence-corrected chi connectivity index (χ0v) is 12.4. The van der Waals surface area contributed by atoms with Crippen LogP contribution >= 0.6 is 0 Å². The molecule has 110 valence electrons. The molecular formula is C17H25NO2. The number of hydrogen-bond donors (Lipinski definition) is 1. The summed E-state index contributed by atoms with van der Waals surface area (Å²) in [5.74, 6) is -0.799. The number of aromatic carboxylic acids is 1. The van der Waals surface area contributed by atoms with Crippen molar-refractivity contribution in [1.82, 2.24) is 0 Å². The van der Waals surface area contributed by atoms with Crippen molar-refractivity contribution in [2.75, 3.05) is 18.0 Å². The molecule has 0 saturated heterocycles. The number of unbranched alkanes of at least 4 members (excludes halogenated alkanes) is 4. The average molecular weight is 275 g/mol. The number of carbonyl (C=O) groups is 1. The van der Waals surface area contributed by atoms with E-state index in [2.05, 4.69) is 17.9 Å². The second-order valence-corrected chi connectivity index (χ2v) is 5.61. The molecule has 0 saturated carbocycles. The van der Waals surface area contributed by atoms with E-state index in [0.717, 1.165) is 37.2 Å². The Labute approximate surface area is 121 Å². The molecule has 0 atom stereocenters. The Balaban J connectivity index is 2.01. The standard InChI is InChI=1S/C17H25NO2/c1-2-3-4-5-6-12-18-13-8-10-14-15(17(19)20)9-7-11-16(14)18/h7,9,11H,2-6,8,10,12-13H2,1H3,(H,19,20). The van der Waals surface area contributed by atoms with E-state index in [0.29, 0.717) is 5.56 Å². The van der Waals surface area contributed by atoms with E-state index in [4.69, 9.17) is 0 Å². The Kier molecular flexibility index (Phi) is 5.45. The summed E-state index contributed by atoms with van der Waals surface area (Å²) in [6.07, 6.45) is 8.34. The number of anilines is 1. The van der Waals surface area contributed by atoms with Gasteiger partial charge in [-0.05, 0) is 37.0 Å². The van der Waals surface area contributed by atoms with E-state index in [1.807, 2.05) is 6.07 Å². The number of nitrogens with zero attached hydrogens (tertiary/aromatic N) is 1. The minimum absolute atomic E-state index is 0.484. The fourth-order valence-corrected chi connectivity index (χ4v) is 3.04. The predicted molar refractivity (Wildman–Crippen MR) is 82.7 cm³/mol. The molecule has 0 aromatic heterocycles. The first-order chi connectivity index (χ1) is 9.74. The van der Waals surface area contributed by atoms with Gasteiger partial charge in [-0.2, -0.15) is 0 Å². The first-order valence-corrected chi connectivity index (χ1v) is 7.84. The van der Waals surface area contributed by atoms with Crippen LogP contribution in [0.2, 0.25) is 0 Å². The van der Waals surface area contributed by atoms with E-state index in [1.54, 1.807) is 6.07 Å². The second-order valence-electron chi connectivity index (χ2n) is 5.61. The van der Waals surface area contributed by atoms with Crippen LogP contribution in [-0.2, 0) is 6.42 Å². The van der Waals surface area contributed by atoms with Crippen molar-refractivity contribution in [1.29, 1.82) is 0 Å². The van der Waals surface area contributed by atoms with Crippen molar-refractivity contribution < 1.29 is 9.90 Å². The smallest absolute Gasteiger partial charge is 0.336 e. The largest absolute Gasteiger partial charge is 0.478 e. The molecule has 3 nitrogen and oxygen atoms in total. The van der Waals surface area contributed by atoms with Crippen LogP contribution in [0.5, 0.6) is 0 Å². The Bertz CT molecular complexity index is 456. The normalized spacial score (nSPS) is 14.2. The van der Waals surface area contributed by atoms with Crippen LogP contribution in [-0.4, -0.2) is 24.2 Å². The summed E-state index contributed by atoms with van der Waals surface area (Å²) in [7, 11) is 0. The van der Waals surface area contributed by atoms with Gasteiger partial charge in [-0.3, -0.25) is 0 Å². The van der Waals surface area contributed by atoms with E-state index in [1.165, 1.54) is 32.1 Å². The number of benzene rings is 1. The molecular weight excluding hydrogens is 250 g/mol. The van der Waals surface area contributed by atoms with Gasteiger partial charge in [0.05, 0.1) is 5.56 Å². The van der Waals surface area contributed by atoms with Gasteiger partial charge in [0, 0.05) is 18.8 Å². The molecule has 1 aliphatic rings. The summed E-state index contributed by atoms with van der Waals surface area (Å²) in [5, 5.41) is 9.28. The van der Waals surface area contributed by atoms with Crippen molar-refractivity contribution in [3.05, 3.63) is 29.3 Å². The molecule has 0 bridgehead atoms. The van der Waals surface area contributed by atoms with Gasteiger partial charge in [-0.25, -0.2) is 4.79 Å². The van der Waals surface area contributed by atoms with E-state index < -0.39 is 5.97 Å². The molecule has 0 spiro atoms. The fourth-order valence-electron chi connectivity index (χ4n) is 3.04. The van der Waals surface area contributed by atoms with Gasteiger partial charge in [-0.1, -0.05) is 38.7 Å². The number of fused-ring (bicyclic) bond motifs is 1. The van der Waals surface area contributed by atoms with Gasteiger partial charge < -0.3 is 10.0 Å². The van der Waals surface area contributed by atoms with Crippen LogP contribution in [0.3, 0.4) is 0 Å². The maximum Gasteiger partial charge on any atom is 0.336 e. The summed E-state index contributed by atoms with van der Waals surface area (Å²) in [5.41, 5.74) is 2.66.